The summed E-state index contributed by atoms with van der Waals surface area (Å²) in [7, 11) is 1.58. The van der Waals surface area contributed by atoms with Crippen molar-refractivity contribution in [2.24, 2.45) is 0 Å². The molecule has 0 saturated carbocycles. The average molecular weight is 311 g/mol. The lowest BCUT2D eigenvalue weighted by Crippen LogP contribution is -2.24. The van der Waals surface area contributed by atoms with E-state index in [1.165, 1.54) is 6.08 Å². The van der Waals surface area contributed by atoms with Crippen LogP contribution >= 0.6 is 0 Å². The van der Waals surface area contributed by atoms with Crippen LogP contribution in [-0.2, 0) is 9.53 Å². The van der Waals surface area contributed by atoms with Crippen molar-refractivity contribution in [3.63, 3.8) is 0 Å². The summed E-state index contributed by atoms with van der Waals surface area (Å²) in [6.45, 7) is 2.18. The van der Waals surface area contributed by atoms with E-state index in [2.05, 4.69) is 5.32 Å². The maximum absolute atomic E-state index is 12.0. The van der Waals surface area contributed by atoms with E-state index < -0.39 is 0 Å². The molecule has 0 spiro atoms. The lowest BCUT2D eigenvalue weighted by molar-refractivity contribution is -0.117. The van der Waals surface area contributed by atoms with Gasteiger partial charge >= 0.3 is 0 Å². The van der Waals surface area contributed by atoms with Crippen molar-refractivity contribution in [1.29, 1.82) is 0 Å². The summed E-state index contributed by atoms with van der Waals surface area (Å²) in [5.41, 5.74) is 2.01. The van der Waals surface area contributed by atoms with Crippen LogP contribution in [0.25, 0.3) is 6.08 Å². The first-order valence-electron chi connectivity index (χ1n) is 7.44. The maximum Gasteiger partial charge on any atom is 0.244 e. The van der Waals surface area contributed by atoms with Crippen molar-refractivity contribution in [2.45, 2.75) is 13.0 Å². The predicted octanol–water partition coefficient (Wildman–Crippen LogP) is 3.56. The Morgan fingerprint density at radius 3 is 2.48 bits per heavy atom. The molecule has 23 heavy (non-hydrogen) atoms. The molecule has 1 atom stereocenters. The monoisotopic (exact) mass is 311 g/mol. The molecule has 1 N–H and O–H groups in total. The molecule has 2 rings (SSSR count). The molecule has 1 amide bonds. The van der Waals surface area contributed by atoms with Gasteiger partial charge in [-0.2, -0.15) is 0 Å². The van der Waals surface area contributed by atoms with E-state index in [0.717, 1.165) is 16.9 Å². The van der Waals surface area contributed by atoms with Gasteiger partial charge in [-0.05, 0) is 36.3 Å². The molecule has 0 saturated heterocycles. The second-order valence-electron chi connectivity index (χ2n) is 5.09. The molecule has 4 nitrogen and oxygen atoms in total. The minimum absolute atomic E-state index is 0.0295. The van der Waals surface area contributed by atoms with Crippen molar-refractivity contribution in [1.82, 2.24) is 5.32 Å². The lowest BCUT2D eigenvalue weighted by Gasteiger charge is -2.12. The highest BCUT2D eigenvalue weighted by atomic mass is 16.7. The van der Waals surface area contributed by atoms with Crippen molar-refractivity contribution < 1.29 is 14.3 Å². The topological polar surface area (TPSA) is 47.6 Å². The van der Waals surface area contributed by atoms with Gasteiger partial charge in [-0.25, -0.2) is 0 Å². The Kier molecular flexibility index (Phi) is 6.39. The Morgan fingerprint density at radius 2 is 1.83 bits per heavy atom. The van der Waals surface area contributed by atoms with Crippen molar-refractivity contribution in [3.8, 4) is 5.75 Å². The fourth-order valence-corrected chi connectivity index (χ4v) is 2.06. The number of amides is 1. The lowest BCUT2D eigenvalue weighted by atomic mass is 10.1. The number of ether oxygens (including phenoxy) is 2. The number of hydrogen-bond acceptors (Lipinski definition) is 3. The molecule has 0 heterocycles. The van der Waals surface area contributed by atoms with E-state index in [1.807, 2.05) is 61.5 Å². The summed E-state index contributed by atoms with van der Waals surface area (Å²) in [5.74, 6) is 0.604. The van der Waals surface area contributed by atoms with Crippen LogP contribution in [0, 0.1) is 0 Å². The molecule has 4 heteroatoms. The molecule has 0 aliphatic carbocycles. The van der Waals surface area contributed by atoms with E-state index in [1.54, 1.807) is 13.2 Å². The first kappa shape index (κ1) is 16.8. The maximum atomic E-state index is 12.0. The van der Waals surface area contributed by atoms with E-state index in [0.29, 0.717) is 0 Å². The number of methoxy groups -OCH3 is 1. The third-order valence-electron chi connectivity index (χ3n) is 3.31. The molecule has 0 bridgehead atoms. The largest absolute Gasteiger partial charge is 0.468 e. The Balaban J connectivity index is 1.88. The minimum atomic E-state index is -0.124. The van der Waals surface area contributed by atoms with Gasteiger partial charge < -0.3 is 14.8 Å². The van der Waals surface area contributed by atoms with Crippen LogP contribution in [0.4, 0.5) is 0 Å². The molecule has 2 aromatic carbocycles. The SMILES string of the molecule is COCOc1ccc(/C=C/C(=O)NC(C)c2ccccc2)cc1. The van der Waals surface area contributed by atoms with Gasteiger partial charge in [0.05, 0.1) is 6.04 Å². The molecule has 1 unspecified atom stereocenters. The van der Waals surface area contributed by atoms with Gasteiger partial charge in [-0.3, -0.25) is 4.79 Å². The Hall–Kier alpha value is -2.59. The normalized spacial score (nSPS) is 12.1. The zero-order valence-electron chi connectivity index (χ0n) is 13.4. The van der Waals surface area contributed by atoms with Crippen LogP contribution in [0.15, 0.2) is 60.7 Å². The highest BCUT2D eigenvalue weighted by Crippen LogP contribution is 2.14. The van der Waals surface area contributed by atoms with E-state index >= 15 is 0 Å². The molecule has 2 aromatic rings. The van der Waals surface area contributed by atoms with Crippen molar-refractivity contribution in [3.05, 3.63) is 71.8 Å². The summed E-state index contributed by atoms with van der Waals surface area (Å²) in [5, 5.41) is 2.94. The number of benzene rings is 2. The van der Waals surface area contributed by atoms with Gasteiger partial charge in [0.25, 0.3) is 0 Å². The Morgan fingerprint density at radius 1 is 1.13 bits per heavy atom. The number of hydrogen-bond donors (Lipinski definition) is 1. The van der Waals surface area contributed by atoms with Gasteiger partial charge in [0.2, 0.25) is 5.91 Å². The summed E-state index contributed by atoms with van der Waals surface area (Å²) < 4.78 is 10.2. The quantitative estimate of drug-likeness (QED) is 0.628. The van der Waals surface area contributed by atoms with Gasteiger partial charge in [0.15, 0.2) is 6.79 Å². The summed E-state index contributed by atoms with van der Waals surface area (Å²) in [4.78, 5) is 12.0. The summed E-state index contributed by atoms with van der Waals surface area (Å²) in [6.07, 6.45) is 3.30. The average Bonchev–Trinajstić information content (AvgIpc) is 2.59. The Labute approximate surface area is 136 Å². The van der Waals surface area contributed by atoms with Crippen molar-refractivity contribution >= 4 is 12.0 Å². The zero-order valence-corrected chi connectivity index (χ0v) is 13.4. The van der Waals surface area contributed by atoms with Crippen LogP contribution in [0.3, 0.4) is 0 Å². The van der Waals surface area contributed by atoms with Gasteiger partial charge in [-0.1, -0.05) is 42.5 Å². The number of nitrogens with one attached hydrogen (secondary N) is 1. The highest BCUT2D eigenvalue weighted by molar-refractivity contribution is 5.91. The molecule has 0 radical (unpaired) electrons. The molecular formula is C19H21NO3. The molecule has 0 fully saturated rings. The van der Waals surface area contributed by atoms with Gasteiger partial charge in [0.1, 0.15) is 5.75 Å². The molecule has 0 aliphatic heterocycles. The zero-order chi connectivity index (χ0) is 16.5. The second-order valence-corrected chi connectivity index (χ2v) is 5.09. The van der Waals surface area contributed by atoms with E-state index in [-0.39, 0.29) is 18.7 Å². The minimum Gasteiger partial charge on any atom is -0.468 e. The molecule has 0 aliphatic rings. The first-order valence-corrected chi connectivity index (χ1v) is 7.44. The van der Waals surface area contributed by atoms with Crippen LogP contribution in [-0.4, -0.2) is 19.8 Å². The third kappa shape index (κ3) is 5.60. The van der Waals surface area contributed by atoms with Crippen LogP contribution in [0.2, 0.25) is 0 Å². The van der Waals surface area contributed by atoms with Crippen LogP contribution in [0.5, 0.6) is 5.75 Å². The fourth-order valence-electron chi connectivity index (χ4n) is 2.06. The molecule has 120 valence electrons. The smallest absolute Gasteiger partial charge is 0.244 e. The Bertz CT molecular complexity index is 635. The molecular weight excluding hydrogens is 290 g/mol. The van der Waals surface area contributed by atoms with Crippen LogP contribution < -0.4 is 10.1 Å². The second kappa shape index (κ2) is 8.76. The first-order chi connectivity index (χ1) is 11.2. The third-order valence-corrected chi connectivity index (χ3v) is 3.31. The van der Waals surface area contributed by atoms with E-state index in [4.69, 9.17) is 9.47 Å². The predicted molar refractivity (Wildman–Crippen MR) is 91.0 cm³/mol. The number of carbonyl (C=O) groups excluding carboxylic acids is 1. The van der Waals surface area contributed by atoms with Crippen molar-refractivity contribution in [2.75, 3.05) is 13.9 Å². The highest BCUT2D eigenvalue weighted by Gasteiger charge is 2.06. The number of carbonyl (C=O) groups is 1. The molecule has 0 aromatic heterocycles. The standard InChI is InChI=1S/C19H21NO3/c1-15(17-6-4-3-5-7-17)20-19(21)13-10-16-8-11-18(12-9-16)23-14-22-2/h3-13,15H,14H2,1-2H3,(H,20,21)/b13-10+. The fraction of sp³-hybridized carbons (Fsp3) is 0.211. The summed E-state index contributed by atoms with van der Waals surface area (Å²) in [6, 6.07) is 17.3. The van der Waals surface area contributed by atoms with Crippen LogP contribution in [0.1, 0.15) is 24.1 Å². The van der Waals surface area contributed by atoms with Gasteiger partial charge in [0, 0.05) is 13.2 Å². The number of rotatable bonds is 7. The van der Waals surface area contributed by atoms with E-state index in [9.17, 15) is 4.79 Å². The van der Waals surface area contributed by atoms with Gasteiger partial charge in [-0.15, -0.1) is 0 Å². The summed E-state index contributed by atoms with van der Waals surface area (Å²) >= 11 is 0.